The van der Waals surface area contributed by atoms with Crippen LogP contribution in [0.25, 0.3) is 0 Å². The van der Waals surface area contributed by atoms with Crippen molar-refractivity contribution in [3.63, 3.8) is 0 Å². The summed E-state index contributed by atoms with van der Waals surface area (Å²) in [6.45, 7) is 4.24. The van der Waals surface area contributed by atoms with Crippen molar-refractivity contribution in [3.8, 4) is 5.75 Å². The lowest BCUT2D eigenvalue weighted by Crippen LogP contribution is -2.16. The Labute approximate surface area is 192 Å². The summed E-state index contributed by atoms with van der Waals surface area (Å²) in [7, 11) is 0. The van der Waals surface area contributed by atoms with Gasteiger partial charge in [-0.1, -0.05) is 35.5 Å². The van der Waals surface area contributed by atoms with Crippen LogP contribution in [-0.4, -0.2) is 20.8 Å². The Morgan fingerprint density at radius 1 is 1.19 bits per heavy atom. The summed E-state index contributed by atoms with van der Waals surface area (Å²) >= 11 is 3.41. The van der Waals surface area contributed by atoms with Crippen molar-refractivity contribution in [2.24, 2.45) is 0 Å². The van der Waals surface area contributed by atoms with Gasteiger partial charge in [0.1, 0.15) is 23.9 Å². The Morgan fingerprint density at radius 2 is 1.94 bits per heavy atom. The van der Waals surface area contributed by atoms with E-state index in [1.807, 2.05) is 31.2 Å². The Hall–Kier alpha value is -3.46. The minimum Gasteiger partial charge on any atom is -0.488 e. The molecule has 0 bridgehead atoms. The van der Waals surface area contributed by atoms with Crippen molar-refractivity contribution in [2.75, 3.05) is 5.32 Å². The van der Waals surface area contributed by atoms with E-state index >= 15 is 0 Å². The summed E-state index contributed by atoms with van der Waals surface area (Å²) in [5.41, 5.74) is 2.56. The lowest BCUT2D eigenvalue weighted by atomic mass is 10.2. The highest BCUT2D eigenvalue weighted by molar-refractivity contribution is 9.10. The van der Waals surface area contributed by atoms with Gasteiger partial charge in [-0.05, 0) is 59.1 Å². The third-order valence-corrected chi connectivity index (χ3v) is 5.45. The first kappa shape index (κ1) is 21.8. The molecule has 0 fully saturated rings. The maximum absolute atomic E-state index is 13.1. The van der Waals surface area contributed by atoms with Gasteiger partial charge in [0.2, 0.25) is 0 Å². The fourth-order valence-corrected chi connectivity index (χ4v) is 3.53. The van der Waals surface area contributed by atoms with Crippen molar-refractivity contribution in [1.82, 2.24) is 14.9 Å². The number of halogens is 2. The molecule has 9 heteroatoms. The third kappa shape index (κ3) is 4.88. The minimum absolute atomic E-state index is 0.135. The molecule has 0 aliphatic carbocycles. The van der Waals surface area contributed by atoms with Gasteiger partial charge in [0.05, 0.1) is 16.6 Å². The largest absolute Gasteiger partial charge is 0.488 e. The average molecular weight is 499 g/mol. The minimum atomic E-state index is -0.460. The van der Waals surface area contributed by atoms with Gasteiger partial charge in [-0.2, -0.15) is 5.10 Å². The first-order valence-electron chi connectivity index (χ1n) is 9.83. The zero-order valence-corrected chi connectivity index (χ0v) is 19.0. The van der Waals surface area contributed by atoms with Crippen LogP contribution in [-0.2, 0) is 13.2 Å². The number of ether oxygens (including phenoxy) is 1. The van der Waals surface area contributed by atoms with Crippen molar-refractivity contribution >= 4 is 27.7 Å². The predicted octanol–water partition coefficient (Wildman–Crippen LogP) is 5.27. The topological polar surface area (TPSA) is 82.2 Å². The van der Waals surface area contributed by atoms with E-state index in [9.17, 15) is 9.18 Å². The molecule has 2 aromatic heterocycles. The fourth-order valence-electron chi connectivity index (χ4n) is 3.11. The number of rotatable bonds is 7. The number of aryl methyl sites for hydroxylation is 2. The van der Waals surface area contributed by atoms with Crippen LogP contribution in [0, 0.1) is 19.7 Å². The monoisotopic (exact) mass is 498 g/mol. The summed E-state index contributed by atoms with van der Waals surface area (Å²) in [4.78, 5) is 12.9. The van der Waals surface area contributed by atoms with Crippen LogP contribution in [0.4, 0.5) is 10.2 Å². The number of benzene rings is 2. The molecule has 0 spiro atoms. The Kier molecular flexibility index (Phi) is 6.36. The molecule has 1 N–H and O–H groups in total. The van der Waals surface area contributed by atoms with Crippen LogP contribution >= 0.6 is 15.9 Å². The Bertz CT molecular complexity index is 1250. The number of hydrogen-bond acceptors (Lipinski definition) is 5. The fraction of sp³-hybridized carbons (Fsp3) is 0.174. The van der Waals surface area contributed by atoms with Crippen LogP contribution in [0.2, 0.25) is 0 Å². The van der Waals surface area contributed by atoms with Crippen LogP contribution in [0.5, 0.6) is 5.75 Å². The normalized spacial score (nSPS) is 10.9. The molecule has 0 atom stereocenters. The van der Waals surface area contributed by atoms with Gasteiger partial charge in [0.25, 0.3) is 5.91 Å². The first-order valence-corrected chi connectivity index (χ1v) is 10.6. The molecule has 0 radical (unpaired) electrons. The van der Waals surface area contributed by atoms with Crippen molar-refractivity contribution in [2.45, 2.75) is 27.0 Å². The van der Waals surface area contributed by atoms with Crippen LogP contribution < -0.4 is 10.1 Å². The SMILES string of the molecule is Cc1ccccc1OCc1c(C(=O)Nc2nn(Cc3ccc(F)cc3)cc2Br)noc1C. The van der Waals surface area contributed by atoms with E-state index in [4.69, 9.17) is 9.26 Å². The van der Waals surface area contributed by atoms with E-state index < -0.39 is 5.91 Å². The van der Waals surface area contributed by atoms with E-state index in [0.717, 1.165) is 16.9 Å². The maximum atomic E-state index is 13.1. The molecule has 0 saturated heterocycles. The molecule has 164 valence electrons. The number of hydrogen-bond donors (Lipinski definition) is 1. The van der Waals surface area contributed by atoms with E-state index in [0.29, 0.717) is 28.2 Å². The van der Waals surface area contributed by atoms with Crippen molar-refractivity contribution in [3.05, 3.63) is 93.2 Å². The molecule has 7 nitrogen and oxygen atoms in total. The highest BCUT2D eigenvalue weighted by Crippen LogP contribution is 2.24. The van der Waals surface area contributed by atoms with Gasteiger partial charge in [-0.3, -0.25) is 9.48 Å². The highest BCUT2D eigenvalue weighted by atomic mass is 79.9. The second-order valence-corrected chi connectivity index (χ2v) is 8.08. The number of nitrogens with one attached hydrogen (secondary N) is 1. The average Bonchev–Trinajstić information content (AvgIpc) is 3.31. The molecular formula is C23H20BrFN4O3. The summed E-state index contributed by atoms with van der Waals surface area (Å²) in [6, 6.07) is 13.8. The number of nitrogens with zero attached hydrogens (tertiary/aromatic N) is 3. The molecule has 0 aliphatic heterocycles. The predicted molar refractivity (Wildman–Crippen MR) is 120 cm³/mol. The molecule has 1 amide bonds. The number of carbonyl (C=O) groups is 1. The molecule has 4 aromatic rings. The zero-order valence-electron chi connectivity index (χ0n) is 17.4. The van der Waals surface area contributed by atoms with Gasteiger partial charge < -0.3 is 14.6 Å². The van der Waals surface area contributed by atoms with Gasteiger partial charge in [-0.25, -0.2) is 4.39 Å². The number of para-hydroxylation sites is 1. The van der Waals surface area contributed by atoms with E-state index in [1.54, 1.807) is 29.9 Å². The quantitative estimate of drug-likeness (QED) is 0.375. The standard InChI is InChI=1S/C23H20BrFN4O3/c1-14-5-3-4-6-20(14)31-13-18-15(2)32-28-21(18)23(30)26-22-19(24)12-29(27-22)11-16-7-9-17(25)10-8-16/h3-10,12H,11,13H2,1-2H3,(H,26,27,30). The molecular weight excluding hydrogens is 479 g/mol. The van der Waals surface area contributed by atoms with Crippen molar-refractivity contribution in [1.29, 1.82) is 0 Å². The maximum Gasteiger partial charge on any atom is 0.279 e. The Balaban J connectivity index is 1.47. The highest BCUT2D eigenvalue weighted by Gasteiger charge is 2.22. The van der Waals surface area contributed by atoms with Crippen molar-refractivity contribution < 1.29 is 18.4 Å². The number of amides is 1. The molecule has 0 aliphatic rings. The zero-order chi connectivity index (χ0) is 22.7. The molecule has 32 heavy (non-hydrogen) atoms. The first-order chi connectivity index (χ1) is 15.4. The summed E-state index contributed by atoms with van der Waals surface area (Å²) < 4.78 is 26.5. The van der Waals surface area contributed by atoms with Gasteiger partial charge in [-0.15, -0.1) is 0 Å². The second kappa shape index (κ2) is 9.35. The van der Waals surface area contributed by atoms with Gasteiger partial charge in [0.15, 0.2) is 11.5 Å². The van der Waals surface area contributed by atoms with E-state index in [-0.39, 0.29) is 18.1 Å². The summed E-state index contributed by atoms with van der Waals surface area (Å²) in [6.07, 6.45) is 1.73. The van der Waals surface area contributed by atoms with Crippen LogP contribution in [0.15, 0.2) is 63.7 Å². The molecule has 0 saturated carbocycles. The van der Waals surface area contributed by atoms with E-state index in [2.05, 4.69) is 31.5 Å². The molecule has 2 heterocycles. The lowest BCUT2D eigenvalue weighted by molar-refractivity contribution is 0.101. The Morgan fingerprint density at radius 3 is 2.69 bits per heavy atom. The van der Waals surface area contributed by atoms with E-state index in [1.165, 1.54) is 12.1 Å². The third-order valence-electron chi connectivity index (χ3n) is 4.87. The second-order valence-electron chi connectivity index (χ2n) is 7.22. The summed E-state index contributed by atoms with van der Waals surface area (Å²) in [5, 5.41) is 11.0. The van der Waals surface area contributed by atoms with Crippen LogP contribution in [0.1, 0.15) is 32.9 Å². The number of anilines is 1. The molecule has 2 aromatic carbocycles. The van der Waals surface area contributed by atoms with Crippen LogP contribution in [0.3, 0.4) is 0 Å². The van der Waals surface area contributed by atoms with Gasteiger partial charge in [0, 0.05) is 6.20 Å². The number of aromatic nitrogens is 3. The lowest BCUT2D eigenvalue weighted by Gasteiger charge is -2.09. The molecule has 0 unspecified atom stereocenters. The smallest absolute Gasteiger partial charge is 0.279 e. The number of carbonyl (C=O) groups excluding carboxylic acids is 1. The molecule has 4 rings (SSSR count). The van der Waals surface area contributed by atoms with Gasteiger partial charge >= 0.3 is 0 Å². The summed E-state index contributed by atoms with van der Waals surface area (Å²) in [5.74, 6) is 0.807.